The average molecular weight is 397 g/mol. The smallest absolute Gasteiger partial charge is 0.148 e. The maximum atomic E-state index is 5.51. The number of hydrogen-bond acceptors (Lipinski definition) is 6. The molecular formula is C22H32N6O. The Morgan fingerprint density at radius 3 is 2.48 bits per heavy atom. The third-order valence-electron chi connectivity index (χ3n) is 6.99. The van der Waals surface area contributed by atoms with Gasteiger partial charge in [-0.25, -0.2) is 0 Å². The Hall–Kier alpha value is -1.99. The van der Waals surface area contributed by atoms with Crippen LogP contribution in [0.3, 0.4) is 0 Å². The Morgan fingerprint density at radius 2 is 1.86 bits per heavy atom. The molecule has 2 aliphatic heterocycles. The van der Waals surface area contributed by atoms with Crippen molar-refractivity contribution in [3.8, 4) is 11.3 Å². The number of fused-ring (bicyclic) bond motifs is 1. The van der Waals surface area contributed by atoms with Crippen LogP contribution >= 0.6 is 0 Å². The second kappa shape index (κ2) is 8.03. The fourth-order valence-corrected chi connectivity index (χ4v) is 5.57. The Kier molecular flexibility index (Phi) is 5.26. The van der Waals surface area contributed by atoms with E-state index in [9.17, 15) is 0 Å². The van der Waals surface area contributed by atoms with Crippen LogP contribution in [0.1, 0.15) is 31.4 Å². The van der Waals surface area contributed by atoms with Gasteiger partial charge in [0.2, 0.25) is 0 Å². The molecule has 3 fully saturated rings. The number of aromatic nitrogens is 4. The molecule has 0 aromatic carbocycles. The molecule has 2 unspecified atom stereocenters. The van der Waals surface area contributed by atoms with Crippen molar-refractivity contribution in [2.24, 2.45) is 24.8 Å². The molecule has 0 bridgehead atoms. The molecule has 0 spiro atoms. The minimum Gasteiger partial charge on any atom is -0.381 e. The van der Waals surface area contributed by atoms with Gasteiger partial charge < -0.3 is 15.0 Å². The number of hydrogen-bond donors (Lipinski definition) is 1. The van der Waals surface area contributed by atoms with Gasteiger partial charge >= 0.3 is 0 Å². The van der Waals surface area contributed by atoms with E-state index >= 15 is 0 Å². The third-order valence-corrected chi connectivity index (χ3v) is 6.99. The molecule has 1 saturated carbocycles. The van der Waals surface area contributed by atoms with E-state index in [0.717, 1.165) is 53.7 Å². The van der Waals surface area contributed by atoms with Gasteiger partial charge in [-0.2, -0.15) is 5.10 Å². The van der Waals surface area contributed by atoms with Crippen LogP contribution in [0.4, 0.5) is 5.82 Å². The molecule has 0 radical (unpaired) electrons. The largest absolute Gasteiger partial charge is 0.381 e. The standard InChI is InChI=1S/C22H32N6O/c1-15-20(14-27(2)26-15)21-3-4-22(25-24-21)23-19-9-17-12-28(13-18(17)10-19)11-16-5-7-29-8-6-16/h3-4,14,16-19H,5-13H2,1-2H3,(H,23,25). The van der Waals surface area contributed by atoms with E-state index in [1.807, 2.05) is 30.9 Å². The summed E-state index contributed by atoms with van der Waals surface area (Å²) in [4.78, 5) is 2.71. The second-order valence-corrected chi connectivity index (χ2v) is 9.21. The van der Waals surface area contributed by atoms with Crippen LogP contribution in [0.25, 0.3) is 11.3 Å². The third kappa shape index (κ3) is 4.16. The normalized spacial score (nSPS) is 28.0. The molecule has 1 aliphatic carbocycles. The number of rotatable bonds is 5. The molecule has 2 atom stereocenters. The average Bonchev–Trinajstić information content (AvgIpc) is 3.36. The molecule has 0 amide bonds. The number of nitrogens with zero attached hydrogens (tertiary/aromatic N) is 5. The van der Waals surface area contributed by atoms with Crippen molar-refractivity contribution in [2.45, 2.75) is 38.6 Å². The molecule has 5 rings (SSSR count). The molecule has 4 heterocycles. The Labute approximate surface area is 172 Å². The molecule has 2 aromatic heterocycles. The maximum Gasteiger partial charge on any atom is 0.148 e. The van der Waals surface area contributed by atoms with Gasteiger partial charge in [0, 0.05) is 57.7 Å². The minimum atomic E-state index is 0.524. The van der Waals surface area contributed by atoms with Crippen molar-refractivity contribution in [1.82, 2.24) is 24.9 Å². The van der Waals surface area contributed by atoms with E-state index in [1.54, 1.807) is 0 Å². The number of nitrogens with one attached hydrogen (secondary N) is 1. The summed E-state index contributed by atoms with van der Waals surface area (Å²) in [6.45, 7) is 7.73. The van der Waals surface area contributed by atoms with Gasteiger partial charge in [0.1, 0.15) is 5.82 Å². The lowest BCUT2D eigenvalue weighted by molar-refractivity contribution is 0.0545. The molecule has 156 valence electrons. The Bertz CT molecular complexity index is 814. The molecule has 7 heteroatoms. The highest BCUT2D eigenvalue weighted by Crippen LogP contribution is 2.39. The van der Waals surface area contributed by atoms with Crippen LogP contribution in [0, 0.1) is 24.7 Å². The molecule has 2 saturated heterocycles. The first-order chi connectivity index (χ1) is 14.1. The highest BCUT2D eigenvalue weighted by Gasteiger charge is 2.41. The molecular weight excluding hydrogens is 364 g/mol. The minimum absolute atomic E-state index is 0.524. The van der Waals surface area contributed by atoms with Crippen molar-refractivity contribution in [3.63, 3.8) is 0 Å². The summed E-state index contributed by atoms with van der Waals surface area (Å²) in [6.07, 6.45) is 6.98. The van der Waals surface area contributed by atoms with Gasteiger partial charge in [-0.05, 0) is 62.5 Å². The van der Waals surface area contributed by atoms with Crippen molar-refractivity contribution in [1.29, 1.82) is 0 Å². The van der Waals surface area contributed by atoms with Crippen molar-refractivity contribution in [2.75, 3.05) is 38.2 Å². The lowest BCUT2D eigenvalue weighted by atomic mass is 10.00. The fraction of sp³-hybridized carbons (Fsp3) is 0.682. The second-order valence-electron chi connectivity index (χ2n) is 9.21. The van der Waals surface area contributed by atoms with Gasteiger partial charge in [-0.3, -0.25) is 4.68 Å². The van der Waals surface area contributed by atoms with Crippen LogP contribution in [-0.2, 0) is 11.8 Å². The van der Waals surface area contributed by atoms with Crippen LogP contribution in [0.15, 0.2) is 18.3 Å². The lowest BCUT2D eigenvalue weighted by Gasteiger charge is -2.27. The van der Waals surface area contributed by atoms with Crippen molar-refractivity contribution in [3.05, 3.63) is 24.0 Å². The van der Waals surface area contributed by atoms with E-state index in [1.165, 1.54) is 45.3 Å². The van der Waals surface area contributed by atoms with Crippen LogP contribution in [0.5, 0.6) is 0 Å². The van der Waals surface area contributed by atoms with E-state index < -0.39 is 0 Å². The molecule has 2 aromatic rings. The zero-order valence-electron chi connectivity index (χ0n) is 17.5. The number of anilines is 1. The Balaban J connectivity index is 1.13. The first-order valence-corrected chi connectivity index (χ1v) is 11.0. The molecule has 7 nitrogen and oxygen atoms in total. The van der Waals surface area contributed by atoms with Gasteiger partial charge in [0.15, 0.2) is 0 Å². The molecule has 1 N–H and O–H groups in total. The molecule has 3 aliphatic rings. The highest BCUT2D eigenvalue weighted by atomic mass is 16.5. The zero-order valence-corrected chi connectivity index (χ0v) is 17.5. The van der Waals surface area contributed by atoms with Crippen LogP contribution in [0.2, 0.25) is 0 Å². The van der Waals surface area contributed by atoms with E-state index in [2.05, 4.69) is 31.6 Å². The maximum absolute atomic E-state index is 5.51. The Morgan fingerprint density at radius 1 is 1.10 bits per heavy atom. The van der Waals surface area contributed by atoms with E-state index in [0.29, 0.717) is 6.04 Å². The van der Waals surface area contributed by atoms with E-state index in [-0.39, 0.29) is 0 Å². The van der Waals surface area contributed by atoms with Crippen molar-refractivity contribution < 1.29 is 4.74 Å². The van der Waals surface area contributed by atoms with Gasteiger partial charge in [0.05, 0.1) is 11.4 Å². The van der Waals surface area contributed by atoms with Crippen LogP contribution in [-0.4, -0.2) is 63.8 Å². The zero-order chi connectivity index (χ0) is 19.8. The number of aryl methyl sites for hydroxylation is 2. The highest BCUT2D eigenvalue weighted by molar-refractivity contribution is 5.61. The lowest BCUT2D eigenvalue weighted by Crippen LogP contribution is -2.32. The number of likely N-dealkylation sites (tertiary alicyclic amines) is 1. The predicted molar refractivity (Wildman–Crippen MR) is 113 cm³/mol. The van der Waals surface area contributed by atoms with Gasteiger partial charge in [-0.1, -0.05) is 0 Å². The fourth-order valence-electron chi connectivity index (χ4n) is 5.57. The molecule has 29 heavy (non-hydrogen) atoms. The van der Waals surface area contributed by atoms with Gasteiger partial charge in [0.25, 0.3) is 0 Å². The summed E-state index contributed by atoms with van der Waals surface area (Å²) in [7, 11) is 1.93. The monoisotopic (exact) mass is 396 g/mol. The van der Waals surface area contributed by atoms with Crippen molar-refractivity contribution >= 4 is 5.82 Å². The van der Waals surface area contributed by atoms with Crippen LogP contribution < -0.4 is 5.32 Å². The summed E-state index contributed by atoms with van der Waals surface area (Å²) in [6, 6.07) is 4.63. The first-order valence-electron chi connectivity index (χ1n) is 11.0. The number of ether oxygens (including phenoxy) is 1. The summed E-state index contributed by atoms with van der Waals surface area (Å²) in [5, 5.41) is 16.9. The van der Waals surface area contributed by atoms with E-state index in [4.69, 9.17) is 4.74 Å². The SMILES string of the molecule is Cc1nn(C)cc1-c1ccc(NC2CC3CN(CC4CCOCC4)CC3C2)nn1. The summed E-state index contributed by atoms with van der Waals surface area (Å²) in [5.41, 5.74) is 2.91. The predicted octanol–water partition coefficient (Wildman–Crippen LogP) is 2.73. The topological polar surface area (TPSA) is 68.1 Å². The quantitative estimate of drug-likeness (QED) is 0.838. The summed E-state index contributed by atoms with van der Waals surface area (Å²) >= 11 is 0. The van der Waals surface area contributed by atoms with Gasteiger partial charge in [-0.15, -0.1) is 10.2 Å². The first kappa shape index (κ1) is 19.0. The summed E-state index contributed by atoms with van der Waals surface area (Å²) in [5.74, 6) is 3.39. The summed E-state index contributed by atoms with van der Waals surface area (Å²) < 4.78 is 7.33.